The van der Waals surface area contributed by atoms with Gasteiger partial charge in [-0.25, -0.2) is 0 Å². The van der Waals surface area contributed by atoms with Crippen LogP contribution in [0.2, 0.25) is 5.02 Å². The fraction of sp³-hybridized carbons (Fsp3) is 0.533. The Hall–Kier alpha value is -1.26. The predicted octanol–water partition coefficient (Wildman–Crippen LogP) is 2.68. The van der Waals surface area contributed by atoms with Gasteiger partial charge in [0.1, 0.15) is 5.75 Å². The van der Waals surface area contributed by atoms with Crippen molar-refractivity contribution < 1.29 is 9.90 Å². The molecular formula is C15H21ClN2O2. The van der Waals surface area contributed by atoms with Gasteiger partial charge in [0.2, 0.25) is 0 Å². The van der Waals surface area contributed by atoms with Crippen molar-refractivity contribution in [1.82, 2.24) is 5.32 Å². The van der Waals surface area contributed by atoms with Gasteiger partial charge in [0.15, 0.2) is 0 Å². The largest absolute Gasteiger partial charge is 0.506 e. The second-order valence-electron chi connectivity index (χ2n) is 5.38. The van der Waals surface area contributed by atoms with E-state index in [1.165, 1.54) is 31.4 Å². The monoisotopic (exact) mass is 296 g/mol. The van der Waals surface area contributed by atoms with Crippen LogP contribution in [0.25, 0.3) is 0 Å². The van der Waals surface area contributed by atoms with Crippen LogP contribution in [0.3, 0.4) is 0 Å². The molecule has 4 N–H and O–H groups in total. The van der Waals surface area contributed by atoms with Crippen LogP contribution in [0.4, 0.5) is 0 Å². The Morgan fingerprint density at radius 2 is 2.10 bits per heavy atom. The van der Waals surface area contributed by atoms with Gasteiger partial charge in [-0.2, -0.15) is 0 Å². The molecule has 0 spiro atoms. The van der Waals surface area contributed by atoms with E-state index in [0.717, 1.165) is 12.8 Å². The van der Waals surface area contributed by atoms with Crippen LogP contribution in [0.5, 0.6) is 5.75 Å². The van der Waals surface area contributed by atoms with Crippen molar-refractivity contribution in [2.75, 3.05) is 6.54 Å². The fourth-order valence-electron chi connectivity index (χ4n) is 2.81. The Kier molecular flexibility index (Phi) is 5.26. The standard InChI is InChI=1S/C15H21ClN2O2/c16-12-8-11(6-7-14(12)19)15(20)18-13(9-17)10-4-2-1-3-5-10/h6-8,10,13,19H,1-5,9,17H2,(H,18,20). The van der Waals surface area contributed by atoms with Gasteiger partial charge >= 0.3 is 0 Å². The normalized spacial score (nSPS) is 17.7. The number of carbonyl (C=O) groups is 1. The number of rotatable bonds is 4. The lowest BCUT2D eigenvalue weighted by atomic mass is 9.84. The molecule has 0 aliphatic heterocycles. The molecule has 0 radical (unpaired) electrons. The summed E-state index contributed by atoms with van der Waals surface area (Å²) in [7, 11) is 0. The van der Waals surface area contributed by atoms with E-state index in [1.54, 1.807) is 6.07 Å². The van der Waals surface area contributed by atoms with Gasteiger partial charge in [0, 0.05) is 18.2 Å². The lowest BCUT2D eigenvalue weighted by molar-refractivity contribution is 0.0915. The minimum Gasteiger partial charge on any atom is -0.506 e. The molecule has 20 heavy (non-hydrogen) atoms. The third-order valence-corrected chi connectivity index (χ3v) is 4.30. The molecule has 0 aromatic heterocycles. The molecule has 2 rings (SSSR count). The molecule has 110 valence electrons. The molecule has 0 saturated heterocycles. The molecule has 4 nitrogen and oxygen atoms in total. The van der Waals surface area contributed by atoms with E-state index in [-0.39, 0.29) is 22.7 Å². The Bertz CT molecular complexity index is 473. The van der Waals surface area contributed by atoms with Crippen LogP contribution in [0.15, 0.2) is 18.2 Å². The van der Waals surface area contributed by atoms with Crippen LogP contribution in [-0.4, -0.2) is 23.6 Å². The van der Waals surface area contributed by atoms with Gasteiger partial charge in [-0.1, -0.05) is 30.9 Å². The molecule has 1 amide bonds. The smallest absolute Gasteiger partial charge is 0.251 e. The second kappa shape index (κ2) is 6.95. The number of amides is 1. The average molecular weight is 297 g/mol. The van der Waals surface area contributed by atoms with Gasteiger partial charge in [-0.05, 0) is 37.0 Å². The molecule has 1 aromatic rings. The highest BCUT2D eigenvalue weighted by Gasteiger charge is 2.24. The number of benzene rings is 1. The number of hydrogen-bond acceptors (Lipinski definition) is 3. The lowest BCUT2D eigenvalue weighted by Gasteiger charge is -2.30. The summed E-state index contributed by atoms with van der Waals surface area (Å²) >= 11 is 5.82. The number of nitrogens with one attached hydrogen (secondary N) is 1. The van der Waals surface area contributed by atoms with Gasteiger partial charge in [-0.15, -0.1) is 0 Å². The zero-order chi connectivity index (χ0) is 14.5. The average Bonchev–Trinajstić information content (AvgIpc) is 2.48. The van der Waals surface area contributed by atoms with Crippen molar-refractivity contribution in [3.05, 3.63) is 28.8 Å². The topological polar surface area (TPSA) is 75.3 Å². The molecule has 1 aliphatic rings. The Morgan fingerprint density at radius 3 is 2.70 bits per heavy atom. The minimum absolute atomic E-state index is 0.00961. The van der Waals surface area contributed by atoms with E-state index in [9.17, 15) is 9.90 Å². The SMILES string of the molecule is NCC(NC(=O)c1ccc(O)c(Cl)c1)C1CCCCC1. The number of halogens is 1. The fourth-order valence-corrected chi connectivity index (χ4v) is 2.99. The summed E-state index contributed by atoms with van der Waals surface area (Å²) in [6.07, 6.45) is 5.94. The maximum Gasteiger partial charge on any atom is 0.251 e. The Labute approximate surface area is 124 Å². The van der Waals surface area contributed by atoms with E-state index in [0.29, 0.717) is 18.0 Å². The first-order valence-corrected chi connectivity index (χ1v) is 7.49. The molecule has 1 unspecified atom stereocenters. The van der Waals surface area contributed by atoms with E-state index in [1.807, 2.05) is 0 Å². The number of carbonyl (C=O) groups excluding carboxylic acids is 1. The van der Waals surface area contributed by atoms with Crippen molar-refractivity contribution in [1.29, 1.82) is 0 Å². The Balaban J connectivity index is 2.02. The third-order valence-electron chi connectivity index (χ3n) is 4.00. The molecule has 0 bridgehead atoms. The first-order chi connectivity index (χ1) is 9.61. The summed E-state index contributed by atoms with van der Waals surface area (Å²) in [5.74, 6) is 0.254. The molecule has 1 atom stereocenters. The van der Waals surface area contributed by atoms with Crippen molar-refractivity contribution in [3.63, 3.8) is 0 Å². The van der Waals surface area contributed by atoms with Gasteiger partial charge in [0.05, 0.1) is 5.02 Å². The van der Waals surface area contributed by atoms with Crippen LogP contribution in [0.1, 0.15) is 42.5 Å². The molecule has 1 aliphatic carbocycles. The molecule has 0 heterocycles. The van der Waals surface area contributed by atoms with Crippen LogP contribution in [0, 0.1) is 5.92 Å². The van der Waals surface area contributed by atoms with Crippen molar-refractivity contribution in [2.45, 2.75) is 38.1 Å². The number of hydrogen-bond donors (Lipinski definition) is 3. The summed E-state index contributed by atoms with van der Waals surface area (Å²) in [6.45, 7) is 0.447. The maximum absolute atomic E-state index is 12.2. The summed E-state index contributed by atoms with van der Waals surface area (Å²) < 4.78 is 0. The lowest BCUT2D eigenvalue weighted by Crippen LogP contribution is -2.45. The second-order valence-corrected chi connectivity index (χ2v) is 5.79. The van der Waals surface area contributed by atoms with Gasteiger partial charge in [0.25, 0.3) is 5.91 Å². The zero-order valence-electron chi connectivity index (χ0n) is 11.4. The molecule has 5 heteroatoms. The maximum atomic E-state index is 12.2. The van der Waals surface area contributed by atoms with E-state index in [2.05, 4.69) is 5.32 Å². The van der Waals surface area contributed by atoms with E-state index in [4.69, 9.17) is 17.3 Å². The first-order valence-electron chi connectivity index (χ1n) is 7.11. The summed E-state index contributed by atoms with van der Waals surface area (Å²) in [5, 5.41) is 12.5. The number of aromatic hydroxyl groups is 1. The number of phenols is 1. The molecule has 1 saturated carbocycles. The highest BCUT2D eigenvalue weighted by atomic mass is 35.5. The number of phenolic OH excluding ortho intramolecular Hbond substituents is 1. The summed E-state index contributed by atoms with van der Waals surface area (Å²) in [5.41, 5.74) is 6.25. The zero-order valence-corrected chi connectivity index (χ0v) is 12.2. The predicted molar refractivity (Wildman–Crippen MR) is 80.0 cm³/mol. The van der Waals surface area contributed by atoms with Crippen molar-refractivity contribution in [3.8, 4) is 5.75 Å². The van der Waals surface area contributed by atoms with Gasteiger partial charge < -0.3 is 16.2 Å². The Morgan fingerprint density at radius 1 is 1.40 bits per heavy atom. The highest BCUT2D eigenvalue weighted by Crippen LogP contribution is 2.27. The van der Waals surface area contributed by atoms with E-state index < -0.39 is 0 Å². The van der Waals surface area contributed by atoms with Crippen LogP contribution >= 0.6 is 11.6 Å². The summed E-state index contributed by atoms with van der Waals surface area (Å²) in [4.78, 5) is 12.2. The molecule has 1 aromatic carbocycles. The quantitative estimate of drug-likeness (QED) is 0.799. The van der Waals surface area contributed by atoms with Crippen LogP contribution in [-0.2, 0) is 0 Å². The van der Waals surface area contributed by atoms with Crippen LogP contribution < -0.4 is 11.1 Å². The third kappa shape index (κ3) is 3.64. The van der Waals surface area contributed by atoms with Crippen molar-refractivity contribution in [2.24, 2.45) is 11.7 Å². The highest BCUT2D eigenvalue weighted by molar-refractivity contribution is 6.32. The minimum atomic E-state index is -0.187. The summed E-state index contributed by atoms with van der Waals surface area (Å²) in [6, 6.07) is 4.47. The molecule has 1 fully saturated rings. The number of nitrogens with two attached hydrogens (primary N) is 1. The first kappa shape index (κ1) is 15.1. The van der Waals surface area contributed by atoms with Crippen molar-refractivity contribution >= 4 is 17.5 Å². The molecular weight excluding hydrogens is 276 g/mol. The van der Waals surface area contributed by atoms with Gasteiger partial charge in [-0.3, -0.25) is 4.79 Å². The van der Waals surface area contributed by atoms with E-state index >= 15 is 0 Å².